The average molecular weight is 417 g/mol. The maximum Gasteiger partial charge on any atom is 0.270 e. The van der Waals surface area contributed by atoms with Gasteiger partial charge in [0.1, 0.15) is 5.69 Å². The lowest BCUT2D eigenvalue weighted by molar-refractivity contribution is -0.00409. The number of aromatic nitrogens is 3. The summed E-state index contributed by atoms with van der Waals surface area (Å²) in [6.45, 7) is 1.25. The molecule has 7 nitrogen and oxygen atoms in total. The minimum absolute atomic E-state index is 0.0694. The third kappa shape index (κ3) is 4.99. The predicted octanol–water partition coefficient (Wildman–Crippen LogP) is 3.18. The van der Waals surface area contributed by atoms with E-state index in [-0.39, 0.29) is 18.1 Å². The van der Waals surface area contributed by atoms with E-state index in [0.29, 0.717) is 24.7 Å². The van der Waals surface area contributed by atoms with Gasteiger partial charge in [-0.3, -0.25) is 9.78 Å². The highest BCUT2D eigenvalue weighted by Crippen LogP contribution is 2.28. The first-order chi connectivity index (χ1) is 14.2. The molecule has 29 heavy (non-hydrogen) atoms. The fourth-order valence-electron chi connectivity index (χ4n) is 4.14. The van der Waals surface area contributed by atoms with Gasteiger partial charge in [0.15, 0.2) is 5.82 Å². The van der Waals surface area contributed by atoms with Gasteiger partial charge in [0.2, 0.25) is 0 Å². The maximum absolute atomic E-state index is 13.1. The van der Waals surface area contributed by atoms with Crippen molar-refractivity contribution in [3.05, 3.63) is 28.7 Å². The SMILES string of the molecule is COCCOC1CCC(NC(=O)c2nc(-c3cncs3)nc3c2CCCC3)CC1. The van der Waals surface area contributed by atoms with Gasteiger partial charge in [-0.15, -0.1) is 11.3 Å². The van der Waals surface area contributed by atoms with Crippen LogP contribution in [0, 0.1) is 0 Å². The minimum atomic E-state index is -0.0694. The van der Waals surface area contributed by atoms with Gasteiger partial charge in [-0.25, -0.2) is 9.97 Å². The van der Waals surface area contributed by atoms with Crippen LogP contribution in [0.4, 0.5) is 0 Å². The molecular weight excluding hydrogens is 388 g/mol. The number of nitrogens with one attached hydrogen (secondary N) is 1. The molecule has 2 heterocycles. The number of methoxy groups -OCH3 is 1. The number of fused-ring (bicyclic) bond motifs is 1. The topological polar surface area (TPSA) is 86.2 Å². The van der Waals surface area contributed by atoms with E-state index in [2.05, 4.69) is 15.3 Å². The molecule has 1 saturated carbocycles. The summed E-state index contributed by atoms with van der Waals surface area (Å²) in [5.74, 6) is 0.550. The zero-order valence-corrected chi connectivity index (χ0v) is 17.7. The number of amides is 1. The van der Waals surface area contributed by atoms with Crippen LogP contribution >= 0.6 is 11.3 Å². The Morgan fingerprint density at radius 1 is 1.17 bits per heavy atom. The molecule has 8 heteroatoms. The molecule has 0 unspecified atom stereocenters. The Morgan fingerprint density at radius 3 is 2.76 bits per heavy atom. The standard InChI is InChI=1S/C21H28N4O3S/c1-27-10-11-28-15-8-6-14(7-9-15)23-21(26)19-16-4-2-3-5-17(16)24-20(25-19)18-12-22-13-29-18/h12-15H,2-11H2,1H3,(H,23,26). The van der Waals surface area contributed by atoms with Crippen molar-refractivity contribution >= 4 is 17.2 Å². The van der Waals surface area contributed by atoms with E-state index in [1.165, 1.54) is 11.3 Å². The first kappa shape index (κ1) is 20.4. The number of carbonyl (C=O) groups is 1. The monoisotopic (exact) mass is 416 g/mol. The first-order valence-electron chi connectivity index (χ1n) is 10.4. The molecule has 2 aliphatic rings. The highest BCUT2D eigenvalue weighted by Gasteiger charge is 2.27. The summed E-state index contributed by atoms with van der Waals surface area (Å²) in [5, 5.41) is 3.22. The second-order valence-corrected chi connectivity index (χ2v) is 8.59. The quantitative estimate of drug-likeness (QED) is 0.698. The van der Waals surface area contributed by atoms with Gasteiger partial charge in [-0.1, -0.05) is 0 Å². The van der Waals surface area contributed by atoms with Crippen LogP contribution < -0.4 is 5.32 Å². The number of rotatable bonds is 7. The molecule has 0 aromatic carbocycles. The third-order valence-corrected chi connectivity index (χ3v) is 6.47. The molecule has 156 valence electrons. The molecule has 2 aromatic heterocycles. The highest BCUT2D eigenvalue weighted by molar-refractivity contribution is 7.13. The van der Waals surface area contributed by atoms with E-state index in [1.807, 2.05) is 0 Å². The number of hydrogen-bond donors (Lipinski definition) is 1. The molecule has 0 bridgehead atoms. The Morgan fingerprint density at radius 2 is 2.00 bits per heavy atom. The molecule has 1 N–H and O–H groups in total. The summed E-state index contributed by atoms with van der Waals surface area (Å²) < 4.78 is 10.9. The van der Waals surface area contributed by atoms with Gasteiger partial charge in [0.25, 0.3) is 5.91 Å². The number of ether oxygens (including phenoxy) is 2. The Bertz CT molecular complexity index is 820. The van der Waals surface area contributed by atoms with Gasteiger partial charge in [-0.05, 0) is 51.4 Å². The fourth-order valence-corrected chi connectivity index (χ4v) is 4.70. The van der Waals surface area contributed by atoms with Crippen LogP contribution in [0.1, 0.15) is 60.3 Å². The molecule has 2 aliphatic carbocycles. The van der Waals surface area contributed by atoms with Crippen molar-refractivity contribution in [3.8, 4) is 10.7 Å². The lowest BCUT2D eigenvalue weighted by Gasteiger charge is -2.29. The van der Waals surface area contributed by atoms with Crippen molar-refractivity contribution in [1.82, 2.24) is 20.3 Å². The summed E-state index contributed by atoms with van der Waals surface area (Å²) in [4.78, 5) is 27.6. The minimum Gasteiger partial charge on any atom is -0.382 e. The predicted molar refractivity (Wildman–Crippen MR) is 111 cm³/mol. The lowest BCUT2D eigenvalue weighted by Crippen LogP contribution is -2.40. The number of carbonyl (C=O) groups excluding carboxylic acids is 1. The molecule has 0 atom stereocenters. The van der Waals surface area contributed by atoms with Crippen LogP contribution in [0.2, 0.25) is 0 Å². The molecule has 4 rings (SSSR count). The fraction of sp³-hybridized carbons (Fsp3) is 0.619. The van der Waals surface area contributed by atoms with Crippen molar-refractivity contribution in [3.63, 3.8) is 0 Å². The first-order valence-corrected chi connectivity index (χ1v) is 11.3. The summed E-state index contributed by atoms with van der Waals surface area (Å²) in [5.41, 5.74) is 4.37. The number of aryl methyl sites for hydroxylation is 1. The smallest absolute Gasteiger partial charge is 0.270 e. The van der Waals surface area contributed by atoms with Crippen LogP contribution in [0.15, 0.2) is 11.7 Å². The normalized spacial score (nSPS) is 21.6. The molecular formula is C21H28N4O3S. The van der Waals surface area contributed by atoms with Crippen molar-refractivity contribution in [2.24, 2.45) is 0 Å². The summed E-state index contributed by atoms with van der Waals surface area (Å²) in [7, 11) is 1.68. The van der Waals surface area contributed by atoms with E-state index in [0.717, 1.165) is 67.5 Å². The van der Waals surface area contributed by atoms with E-state index < -0.39 is 0 Å². The van der Waals surface area contributed by atoms with Crippen LogP contribution in [-0.4, -0.2) is 53.3 Å². The second-order valence-electron chi connectivity index (χ2n) is 7.70. The van der Waals surface area contributed by atoms with Gasteiger partial charge in [-0.2, -0.15) is 0 Å². The van der Waals surface area contributed by atoms with Crippen LogP contribution in [0.5, 0.6) is 0 Å². The zero-order chi connectivity index (χ0) is 20.1. The van der Waals surface area contributed by atoms with Crippen LogP contribution in [0.3, 0.4) is 0 Å². The van der Waals surface area contributed by atoms with Crippen molar-refractivity contribution < 1.29 is 14.3 Å². The Kier molecular flexibility index (Phi) is 6.84. The second kappa shape index (κ2) is 9.73. The van der Waals surface area contributed by atoms with E-state index in [9.17, 15) is 4.79 Å². The number of nitrogens with zero attached hydrogens (tertiary/aromatic N) is 3. The number of hydrogen-bond acceptors (Lipinski definition) is 7. The molecule has 0 saturated heterocycles. The van der Waals surface area contributed by atoms with Crippen LogP contribution in [-0.2, 0) is 22.3 Å². The van der Waals surface area contributed by atoms with Crippen molar-refractivity contribution in [2.75, 3.05) is 20.3 Å². The van der Waals surface area contributed by atoms with E-state index in [4.69, 9.17) is 14.5 Å². The van der Waals surface area contributed by atoms with E-state index in [1.54, 1.807) is 18.8 Å². The maximum atomic E-state index is 13.1. The van der Waals surface area contributed by atoms with Crippen molar-refractivity contribution in [2.45, 2.75) is 63.5 Å². The molecule has 1 amide bonds. The zero-order valence-electron chi connectivity index (χ0n) is 16.9. The summed E-state index contributed by atoms with van der Waals surface area (Å²) >= 11 is 1.50. The molecule has 0 spiro atoms. The molecule has 1 fully saturated rings. The van der Waals surface area contributed by atoms with Gasteiger partial charge in [0, 0.05) is 30.6 Å². The largest absolute Gasteiger partial charge is 0.382 e. The Labute approximate surface area is 175 Å². The lowest BCUT2D eigenvalue weighted by atomic mass is 9.92. The number of thiazole rings is 1. The highest BCUT2D eigenvalue weighted by atomic mass is 32.1. The summed E-state index contributed by atoms with van der Waals surface area (Å²) in [6.07, 6.45) is 9.79. The summed E-state index contributed by atoms with van der Waals surface area (Å²) in [6, 6.07) is 0.172. The van der Waals surface area contributed by atoms with Gasteiger partial charge >= 0.3 is 0 Å². The van der Waals surface area contributed by atoms with Crippen LogP contribution in [0.25, 0.3) is 10.7 Å². The van der Waals surface area contributed by atoms with Gasteiger partial charge in [0.05, 0.1) is 29.7 Å². The molecule has 0 aliphatic heterocycles. The molecule has 0 radical (unpaired) electrons. The van der Waals surface area contributed by atoms with Gasteiger partial charge < -0.3 is 14.8 Å². The Balaban J connectivity index is 1.44. The molecule has 2 aromatic rings. The Hall–Kier alpha value is -1.90. The third-order valence-electron chi connectivity index (χ3n) is 5.70. The van der Waals surface area contributed by atoms with Crippen molar-refractivity contribution in [1.29, 1.82) is 0 Å². The average Bonchev–Trinajstić information content (AvgIpc) is 3.29. The van der Waals surface area contributed by atoms with E-state index >= 15 is 0 Å².